The van der Waals surface area contributed by atoms with Gasteiger partial charge < -0.3 is 5.73 Å². The topological polar surface area (TPSA) is 72.2 Å². The normalized spacial score (nSPS) is 18.8. The fraction of sp³-hybridized carbons (Fsp3) is 0.429. The Kier molecular flexibility index (Phi) is 6.45. The van der Waals surface area contributed by atoms with E-state index in [0.717, 1.165) is 22.8 Å². The monoisotopic (exact) mass is 342 g/mol. The summed E-state index contributed by atoms with van der Waals surface area (Å²) in [4.78, 5) is 0.272. The minimum atomic E-state index is -3.44. The Labute approximate surface area is 134 Å². The Hall–Kier alpha value is -0.650. The molecule has 0 radical (unpaired) electrons. The van der Waals surface area contributed by atoms with Gasteiger partial charge in [0.05, 0.1) is 11.4 Å². The molecule has 0 saturated carbocycles. The molecule has 1 aliphatic heterocycles. The summed E-state index contributed by atoms with van der Waals surface area (Å²) in [6.07, 6.45) is 0. The van der Waals surface area contributed by atoms with Crippen LogP contribution in [-0.4, -0.2) is 44.0 Å². The average Bonchev–Trinajstić information content (AvgIpc) is 2.52. The molecule has 1 aromatic rings. The molecule has 1 saturated heterocycles. The molecule has 3 N–H and O–H groups in total. The van der Waals surface area contributed by atoms with Crippen LogP contribution in [0.15, 0.2) is 29.2 Å². The Bertz CT molecular complexity index is 612. The lowest BCUT2D eigenvalue weighted by atomic mass is 10.2. The Morgan fingerprint density at radius 1 is 1.29 bits per heavy atom. The largest absolute Gasteiger partial charge is 0.320 e. The summed E-state index contributed by atoms with van der Waals surface area (Å²) in [5, 5.41) is 0.355. The van der Waals surface area contributed by atoms with Crippen LogP contribution in [0.4, 0.5) is 0 Å². The molecule has 1 unspecified atom stereocenters. The highest BCUT2D eigenvalue weighted by molar-refractivity contribution is 8.06. The Morgan fingerprint density at radius 3 is 2.67 bits per heavy atom. The molecule has 1 fully saturated rings. The van der Waals surface area contributed by atoms with Crippen LogP contribution in [0.3, 0.4) is 0 Å². The predicted octanol–water partition coefficient (Wildman–Crippen LogP) is 1.12. The number of nitrogens with two attached hydrogens (primary N) is 1. The molecule has 7 heteroatoms. The molecular weight excluding hydrogens is 324 g/mol. The fourth-order valence-electron chi connectivity index (χ4n) is 1.81. The number of benzene rings is 1. The molecule has 1 heterocycles. The van der Waals surface area contributed by atoms with E-state index in [1.165, 1.54) is 0 Å². The first-order chi connectivity index (χ1) is 10.1. The van der Waals surface area contributed by atoms with E-state index in [0.29, 0.717) is 18.3 Å². The zero-order valence-corrected chi connectivity index (χ0v) is 14.0. The molecular formula is C14H18N2O2S3. The molecule has 1 atom stereocenters. The molecule has 0 amide bonds. The molecule has 0 bridgehead atoms. The van der Waals surface area contributed by atoms with E-state index in [1.54, 1.807) is 24.3 Å². The third-order valence-corrected chi connectivity index (χ3v) is 7.17. The quantitative estimate of drug-likeness (QED) is 0.803. The van der Waals surface area contributed by atoms with Gasteiger partial charge in [0.2, 0.25) is 10.0 Å². The summed E-state index contributed by atoms with van der Waals surface area (Å²) in [7, 11) is -3.44. The van der Waals surface area contributed by atoms with Gasteiger partial charge in [-0.25, -0.2) is 13.1 Å². The Morgan fingerprint density at radius 2 is 2.05 bits per heavy atom. The second-order valence-corrected chi connectivity index (χ2v) is 8.77. The highest BCUT2D eigenvalue weighted by Crippen LogP contribution is 2.23. The van der Waals surface area contributed by atoms with Gasteiger partial charge in [0.15, 0.2) is 0 Å². The number of thioether (sulfide) groups is 2. The van der Waals surface area contributed by atoms with Gasteiger partial charge in [-0.2, -0.15) is 23.5 Å². The van der Waals surface area contributed by atoms with Gasteiger partial charge >= 0.3 is 0 Å². The van der Waals surface area contributed by atoms with Crippen molar-refractivity contribution in [3.8, 4) is 11.8 Å². The van der Waals surface area contributed by atoms with E-state index in [2.05, 4.69) is 16.6 Å². The second kappa shape index (κ2) is 8.11. The van der Waals surface area contributed by atoms with Gasteiger partial charge in [0.25, 0.3) is 0 Å². The molecule has 0 aliphatic carbocycles. The zero-order valence-electron chi connectivity index (χ0n) is 11.5. The highest BCUT2D eigenvalue weighted by Gasteiger charge is 2.19. The van der Waals surface area contributed by atoms with E-state index in [9.17, 15) is 8.42 Å². The molecule has 2 rings (SSSR count). The maximum Gasteiger partial charge on any atom is 0.240 e. The first-order valence-electron chi connectivity index (χ1n) is 6.60. The van der Waals surface area contributed by atoms with Crippen LogP contribution in [0.2, 0.25) is 0 Å². The van der Waals surface area contributed by atoms with Crippen LogP contribution in [0.1, 0.15) is 5.56 Å². The van der Waals surface area contributed by atoms with Crippen LogP contribution < -0.4 is 10.5 Å². The zero-order chi connectivity index (χ0) is 15.1. The molecule has 1 aromatic carbocycles. The van der Waals surface area contributed by atoms with Crippen molar-refractivity contribution in [2.24, 2.45) is 5.73 Å². The molecule has 0 aromatic heterocycles. The van der Waals surface area contributed by atoms with Crippen LogP contribution in [0, 0.1) is 11.8 Å². The van der Waals surface area contributed by atoms with Crippen LogP contribution in [0.5, 0.6) is 0 Å². The van der Waals surface area contributed by atoms with Crippen LogP contribution in [-0.2, 0) is 10.0 Å². The summed E-state index contributed by atoms with van der Waals surface area (Å²) in [6, 6.07) is 6.54. The minimum absolute atomic E-state index is 0.272. The van der Waals surface area contributed by atoms with Gasteiger partial charge in [-0.1, -0.05) is 11.8 Å². The maximum atomic E-state index is 12.2. The van der Waals surface area contributed by atoms with Gasteiger partial charge in [0, 0.05) is 34.6 Å². The van der Waals surface area contributed by atoms with Gasteiger partial charge in [-0.15, -0.1) is 0 Å². The number of hydrogen-bond acceptors (Lipinski definition) is 5. The van der Waals surface area contributed by atoms with Crippen molar-refractivity contribution in [2.75, 3.05) is 30.3 Å². The second-order valence-electron chi connectivity index (χ2n) is 4.45. The first kappa shape index (κ1) is 16.7. The van der Waals surface area contributed by atoms with Crippen molar-refractivity contribution in [3.05, 3.63) is 29.8 Å². The van der Waals surface area contributed by atoms with Crippen molar-refractivity contribution >= 4 is 33.5 Å². The van der Waals surface area contributed by atoms with Crippen molar-refractivity contribution in [1.82, 2.24) is 4.72 Å². The summed E-state index contributed by atoms with van der Waals surface area (Å²) >= 11 is 3.71. The van der Waals surface area contributed by atoms with Gasteiger partial charge in [-0.05, 0) is 24.3 Å². The average molecular weight is 343 g/mol. The van der Waals surface area contributed by atoms with E-state index < -0.39 is 10.0 Å². The molecule has 4 nitrogen and oxygen atoms in total. The summed E-state index contributed by atoms with van der Waals surface area (Å²) in [5.74, 6) is 8.85. The van der Waals surface area contributed by atoms with Crippen LogP contribution >= 0.6 is 23.5 Å². The summed E-state index contributed by atoms with van der Waals surface area (Å²) in [6.45, 7) is 0.771. The summed E-state index contributed by atoms with van der Waals surface area (Å²) in [5.41, 5.74) is 6.07. The molecule has 114 valence electrons. The first-order valence-corrected chi connectivity index (χ1v) is 10.3. The number of hydrogen-bond donors (Lipinski definition) is 2. The van der Waals surface area contributed by atoms with E-state index in [-0.39, 0.29) is 4.90 Å². The highest BCUT2D eigenvalue weighted by atomic mass is 32.2. The van der Waals surface area contributed by atoms with Crippen LogP contribution in [0.25, 0.3) is 0 Å². The third-order valence-electron chi connectivity index (χ3n) is 2.89. The number of nitrogens with one attached hydrogen (secondary N) is 1. The smallest absolute Gasteiger partial charge is 0.240 e. The molecule has 21 heavy (non-hydrogen) atoms. The maximum absolute atomic E-state index is 12.2. The van der Waals surface area contributed by atoms with Crippen molar-refractivity contribution in [1.29, 1.82) is 0 Å². The van der Waals surface area contributed by atoms with Gasteiger partial charge in [0.1, 0.15) is 0 Å². The molecule has 0 spiro atoms. The van der Waals surface area contributed by atoms with E-state index >= 15 is 0 Å². The Balaban J connectivity index is 1.98. The van der Waals surface area contributed by atoms with Crippen molar-refractivity contribution < 1.29 is 8.42 Å². The summed E-state index contributed by atoms with van der Waals surface area (Å²) < 4.78 is 27.1. The lowest BCUT2D eigenvalue weighted by molar-refractivity contribution is 0.581. The lowest BCUT2D eigenvalue weighted by Gasteiger charge is -2.21. The van der Waals surface area contributed by atoms with Gasteiger partial charge in [-0.3, -0.25) is 0 Å². The predicted molar refractivity (Wildman–Crippen MR) is 91.1 cm³/mol. The standard InChI is InChI=1S/C14H18N2O2S3/c15-7-1-2-12-3-5-14(6-4-12)21(17,18)16-10-13-11-19-8-9-20-13/h3-6,13,16H,7-11,15H2. The number of rotatable bonds is 4. The molecule has 1 aliphatic rings. The van der Waals surface area contributed by atoms with Crippen molar-refractivity contribution in [3.63, 3.8) is 0 Å². The number of sulfonamides is 1. The minimum Gasteiger partial charge on any atom is -0.320 e. The fourth-order valence-corrected chi connectivity index (χ4v) is 5.61. The lowest BCUT2D eigenvalue weighted by Crippen LogP contribution is -2.33. The third kappa shape index (κ3) is 5.24. The van der Waals surface area contributed by atoms with E-state index in [1.807, 2.05) is 23.5 Å². The van der Waals surface area contributed by atoms with Crippen molar-refractivity contribution in [2.45, 2.75) is 10.1 Å². The van der Waals surface area contributed by atoms with E-state index in [4.69, 9.17) is 5.73 Å². The SMILES string of the molecule is NCC#Cc1ccc(S(=O)(=O)NCC2CSCCS2)cc1.